The first-order valence-corrected chi connectivity index (χ1v) is 6.97. The van der Waals surface area contributed by atoms with Crippen LogP contribution in [0.15, 0.2) is 48.5 Å². The summed E-state index contributed by atoms with van der Waals surface area (Å²) in [6.07, 6.45) is -0.590. The zero-order valence-corrected chi connectivity index (χ0v) is 12.3. The van der Waals surface area contributed by atoms with Crippen LogP contribution < -0.4 is 0 Å². The molecule has 2 heteroatoms. The van der Waals surface area contributed by atoms with Crippen LogP contribution in [0.1, 0.15) is 48.1 Å². The van der Waals surface area contributed by atoms with Gasteiger partial charge in [0, 0.05) is 7.11 Å². The Morgan fingerprint density at radius 1 is 0.950 bits per heavy atom. The number of hydrogen-bond donors (Lipinski definition) is 1. The Hall–Kier alpha value is -1.64. The van der Waals surface area contributed by atoms with E-state index in [2.05, 4.69) is 26.0 Å². The summed E-state index contributed by atoms with van der Waals surface area (Å²) >= 11 is 0. The molecule has 0 radical (unpaired) electrons. The quantitative estimate of drug-likeness (QED) is 0.888. The Morgan fingerprint density at radius 2 is 1.60 bits per heavy atom. The molecule has 2 rings (SSSR count). The van der Waals surface area contributed by atoms with Crippen molar-refractivity contribution in [1.29, 1.82) is 0 Å². The summed E-state index contributed by atoms with van der Waals surface area (Å²) in [4.78, 5) is 0. The molecule has 20 heavy (non-hydrogen) atoms. The molecule has 2 aromatic rings. The maximum atomic E-state index is 10.5. The molecular weight excluding hydrogens is 248 g/mol. The van der Waals surface area contributed by atoms with Gasteiger partial charge < -0.3 is 9.84 Å². The minimum atomic E-state index is -0.590. The van der Waals surface area contributed by atoms with Crippen LogP contribution in [0, 0.1) is 0 Å². The lowest BCUT2D eigenvalue weighted by Crippen LogP contribution is -2.01. The summed E-state index contributed by atoms with van der Waals surface area (Å²) in [7, 11) is 1.67. The van der Waals surface area contributed by atoms with Gasteiger partial charge in [-0.15, -0.1) is 0 Å². The molecule has 1 atom stereocenters. The Bertz CT molecular complexity index is 544. The average molecular weight is 270 g/mol. The summed E-state index contributed by atoms with van der Waals surface area (Å²) < 4.78 is 5.13. The summed E-state index contributed by atoms with van der Waals surface area (Å²) in [5.41, 5.74) is 4.18. The van der Waals surface area contributed by atoms with Crippen LogP contribution in [0.25, 0.3) is 0 Å². The van der Waals surface area contributed by atoms with Gasteiger partial charge in [-0.25, -0.2) is 0 Å². The zero-order chi connectivity index (χ0) is 14.5. The van der Waals surface area contributed by atoms with Crippen LogP contribution in [0.4, 0.5) is 0 Å². The van der Waals surface area contributed by atoms with E-state index in [1.807, 2.05) is 36.4 Å². The van der Waals surface area contributed by atoms with Gasteiger partial charge >= 0.3 is 0 Å². The van der Waals surface area contributed by atoms with E-state index in [1.54, 1.807) is 7.11 Å². The van der Waals surface area contributed by atoms with Crippen LogP contribution in [0.5, 0.6) is 0 Å². The van der Waals surface area contributed by atoms with Gasteiger partial charge in [0.15, 0.2) is 0 Å². The molecule has 0 aliphatic heterocycles. The standard InChI is InChI=1S/C18H22O2/c1-13(2)15-7-9-16(10-8-15)18(19)17-6-4-5-14(11-17)12-20-3/h4-11,13,18-19H,12H2,1-3H3. The summed E-state index contributed by atoms with van der Waals surface area (Å²) in [5.74, 6) is 0.506. The van der Waals surface area contributed by atoms with Gasteiger partial charge in [-0.1, -0.05) is 62.4 Å². The van der Waals surface area contributed by atoms with Gasteiger partial charge in [0.2, 0.25) is 0 Å². The highest BCUT2D eigenvalue weighted by Gasteiger charge is 2.11. The molecule has 0 heterocycles. The van der Waals surface area contributed by atoms with E-state index in [4.69, 9.17) is 4.74 Å². The van der Waals surface area contributed by atoms with Crippen LogP contribution in [0.2, 0.25) is 0 Å². The lowest BCUT2D eigenvalue weighted by atomic mass is 9.96. The Balaban J connectivity index is 2.21. The minimum absolute atomic E-state index is 0.506. The van der Waals surface area contributed by atoms with E-state index >= 15 is 0 Å². The van der Waals surface area contributed by atoms with Crippen molar-refractivity contribution in [2.45, 2.75) is 32.5 Å². The van der Waals surface area contributed by atoms with Crippen molar-refractivity contribution in [3.8, 4) is 0 Å². The number of methoxy groups -OCH3 is 1. The fourth-order valence-corrected chi connectivity index (χ4v) is 2.28. The fourth-order valence-electron chi connectivity index (χ4n) is 2.28. The third kappa shape index (κ3) is 3.47. The predicted octanol–water partition coefficient (Wildman–Crippen LogP) is 4.04. The number of aliphatic hydroxyl groups excluding tert-OH is 1. The Labute approximate surface area is 121 Å². The number of hydrogen-bond acceptors (Lipinski definition) is 2. The van der Waals surface area contributed by atoms with Crippen LogP contribution in [-0.4, -0.2) is 12.2 Å². The van der Waals surface area contributed by atoms with Crippen molar-refractivity contribution in [3.05, 3.63) is 70.8 Å². The second-order valence-electron chi connectivity index (χ2n) is 5.40. The van der Waals surface area contributed by atoms with Gasteiger partial charge in [-0.3, -0.25) is 0 Å². The van der Waals surface area contributed by atoms with Crippen molar-refractivity contribution in [1.82, 2.24) is 0 Å². The molecule has 0 spiro atoms. The van der Waals surface area contributed by atoms with Crippen LogP contribution in [-0.2, 0) is 11.3 Å². The first kappa shape index (κ1) is 14.8. The number of aliphatic hydroxyl groups is 1. The van der Waals surface area contributed by atoms with Gasteiger partial charge in [-0.2, -0.15) is 0 Å². The van der Waals surface area contributed by atoms with E-state index in [1.165, 1.54) is 5.56 Å². The summed E-state index contributed by atoms with van der Waals surface area (Å²) in [5, 5.41) is 10.5. The van der Waals surface area contributed by atoms with Crippen molar-refractivity contribution >= 4 is 0 Å². The van der Waals surface area contributed by atoms with E-state index in [9.17, 15) is 5.11 Å². The highest BCUT2D eigenvalue weighted by Crippen LogP contribution is 2.24. The zero-order valence-electron chi connectivity index (χ0n) is 12.3. The predicted molar refractivity (Wildman–Crippen MR) is 81.7 cm³/mol. The summed E-state index contributed by atoms with van der Waals surface area (Å²) in [6, 6.07) is 16.1. The highest BCUT2D eigenvalue weighted by molar-refractivity contribution is 5.34. The van der Waals surface area contributed by atoms with E-state index in [-0.39, 0.29) is 0 Å². The van der Waals surface area contributed by atoms with Crippen molar-refractivity contribution in [2.24, 2.45) is 0 Å². The molecule has 1 unspecified atom stereocenters. The maximum absolute atomic E-state index is 10.5. The number of benzene rings is 2. The van der Waals surface area contributed by atoms with E-state index in [0.29, 0.717) is 12.5 Å². The lowest BCUT2D eigenvalue weighted by Gasteiger charge is -2.14. The van der Waals surface area contributed by atoms with Crippen molar-refractivity contribution in [3.63, 3.8) is 0 Å². The SMILES string of the molecule is COCc1cccc(C(O)c2ccc(C(C)C)cc2)c1. The maximum Gasteiger partial charge on any atom is 0.104 e. The molecule has 1 N–H and O–H groups in total. The average Bonchev–Trinajstić information content (AvgIpc) is 2.47. The van der Waals surface area contributed by atoms with Crippen molar-refractivity contribution < 1.29 is 9.84 Å². The first-order valence-electron chi connectivity index (χ1n) is 6.97. The Morgan fingerprint density at radius 3 is 2.20 bits per heavy atom. The fraction of sp³-hybridized carbons (Fsp3) is 0.333. The van der Waals surface area contributed by atoms with E-state index in [0.717, 1.165) is 16.7 Å². The molecule has 0 saturated heterocycles. The molecular formula is C18H22O2. The number of rotatable bonds is 5. The molecule has 0 aromatic heterocycles. The smallest absolute Gasteiger partial charge is 0.104 e. The molecule has 2 aromatic carbocycles. The first-order chi connectivity index (χ1) is 9.61. The molecule has 106 valence electrons. The van der Waals surface area contributed by atoms with Gasteiger partial charge in [0.05, 0.1) is 6.61 Å². The molecule has 0 bridgehead atoms. The summed E-state index contributed by atoms with van der Waals surface area (Å²) in [6.45, 7) is 4.89. The number of ether oxygens (including phenoxy) is 1. The van der Waals surface area contributed by atoms with Gasteiger partial charge in [0.25, 0.3) is 0 Å². The van der Waals surface area contributed by atoms with Gasteiger partial charge in [-0.05, 0) is 28.2 Å². The molecule has 0 saturated carbocycles. The molecule has 0 amide bonds. The second-order valence-corrected chi connectivity index (χ2v) is 5.40. The normalized spacial score (nSPS) is 12.7. The van der Waals surface area contributed by atoms with Gasteiger partial charge in [0.1, 0.15) is 6.10 Å². The minimum Gasteiger partial charge on any atom is -0.384 e. The van der Waals surface area contributed by atoms with Crippen LogP contribution >= 0.6 is 0 Å². The lowest BCUT2D eigenvalue weighted by molar-refractivity contribution is 0.184. The molecule has 0 aliphatic carbocycles. The topological polar surface area (TPSA) is 29.5 Å². The molecule has 0 fully saturated rings. The largest absolute Gasteiger partial charge is 0.384 e. The highest BCUT2D eigenvalue weighted by atomic mass is 16.5. The van der Waals surface area contributed by atoms with E-state index < -0.39 is 6.10 Å². The monoisotopic (exact) mass is 270 g/mol. The molecule has 2 nitrogen and oxygen atoms in total. The van der Waals surface area contributed by atoms with Crippen molar-refractivity contribution in [2.75, 3.05) is 7.11 Å². The third-order valence-corrected chi connectivity index (χ3v) is 3.50. The Kier molecular flexibility index (Phi) is 4.94. The second kappa shape index (κ2) is 6.69. The third-order valence-electron chi connectivity index (χ3n) is 3.50. The van der Waals surface area contributed by atoms with Crippen LogP contribution in [0.3, 0.4) is 0 Å². The molecule has 0 aliphatic rings.